The SMILES string of the molecule is COc1ccc(C(C)NCc2cc(OC)cc(C)n2)cc1. The Balaban J connectivity index is 1.99. The molecule has 0 radical (unpaired) electrons. The van der Waals surface area contributed by atoms with E-state index in [1.165, 1.54) is 5.56 Å². The zero-order valence-electron chi connectivity index (χ0n) is 13.0. The second-order valence-corrected chi connectivity index (χ2v) is 5.02. The van der Waals surface area contributed by atoms with Crippen LogP contribution < -0.4 is 14.8 Å². The molecule has 21 heavy (non-hydrogen) atoms. The molecule has 1 aromatic carbocycles. The van der Waals surface area contributed by atoms with Crippen molar-refractivity contribution < 1.29 is 9.47 Å². The molecule has 1 heterocycles. The lowest BCUT2D eigenvalue weighted by molar-refractivity contribution is 0.412. The monoisotopic (exact) mass is 286 g/mol. The van der Waals surface area contributed by atoms with Gasteiger partial charge in [-0.25, -0.2) is 0 Å². The molecule has 0 fully saturated rings. The van der Waals surface area contributed by atoms with E-state index in [9.17, 15) is 0 Å². The number of benzene rings is 1. The van der Waals surface area contributed by atoms with Gasteiger partial charge in [0.1, 0.15) is 11.5 Å². The van der Waals surface area contributed by atoms with Crippen molar-refractivity contribution in [1.82, 2.24) is 10.3 Å². The molecule has 112 valence electrons. The Morgan fingerprint density at radius 3 is 2.33 bits per heavy atom. The molecule has 0 saturated carbocycles. The average Bonchev–Trinajstić information content (AvgIpc) is 2.52. The number of pyridine rings is 1. The maximum absolute atomic E-state index is 5.27. The van der Waals surface area contributed by atoms with Crippen LogP contribution in [0.15, 0.2) is 36.4 Å². The maximum atomic E-state index is 5.27. The van der Waals surface area contributed by atoms with Crippen LogP contribution in [0.25, 0.3) is 0 Å². The molecular formula is C17H22N2O2. The first-order valence-electron chi connectivity index (χ1n) is 7.01. The van der Waals surface area contributed by atoms with Crippen molar-refractivity contribution in [2.45, 2.75) is 26.4 Å². The Kier molecular flexibility index (Phi) is 5.17. The van der Waals surface area contributed by atoms with Gasteiger partial charge in [0.25, 0.3) is 0 Å². The van der Waals surface area contributed by atoms with E-state index in [2.05, 4.69) is 29.4 Å². The van der Waals surface area contributed by atoms with Crippen molar-refractivity contribution >= 4 is 0 Å². The number of ether oxygens (including phenoxy) is 2. The first kappa shape index (κ1) is 15.3. The molecule has 0 spiro atoms. The summed E-state index contributed by atoms with van der Waals surface area (Å²) in [5, 5.41) is 3.47. The number of nitrogens with one attached hydrogen (secondary N) is 1. The number of aryl methyl sites for hydroxylation is 1. The third kappa shape index (κ3) is 4.20. The minimum Gasteiger partial charge on any atom is -0.497 e. The highest BCUT2D eigenvalue weighted by atomic mass is 16.5. The van der Waals surface area contributed by atoms with Crippen LogP contribution in [0.3, 0.4) is 0 Å². The van der Waals surface area contributed by atoms with Gasteiger partial charge in [-0.1, -0.05) is 12.1 Å². The van der Waals surface area contributed by atoms with Crippen LogP contribution in [-0.4, -0.2) is 19.2 Å². The van der Waals surface area contributed by atoms with Crippen molar-refractivity contribution in [3.05, 3.63) is 53.3 Å². The van der Waals surface area contributed by atoms with Crippen LogP contribution in [0.4, 0.5) is 0 Å². The predicted molar refractivity (Wildman–Crippen MR) is 83.8 cm³/mol. The number of rotatable bonds is 6. The van der Waals surface area contributed by atoms with Crippen molar-refractivity contribution in [2.24, 2.45) is 0 Å². The fourth-order valence-corrected chi connectivity index (χ4v) is 2.18. The van der Waals surface area contributed by atoms with Crippen LogP contribution in [0.2, 0.25) is 0 Å². The van der Waals surface area contributed by atoms with E-state index in [0.29, 0.717) is 6.54 Å². The molecule has 2 rings (SSSR count). The largest absolute Gasteiger partial charge is 0.497 e. The Morgan fingerprint density at radius 2 is 1.71 bits per heavy atom. The number of nitrogens with zero attached hydrogens (tertiary/aromatic N) is 1. The lowest BCUT2D eigenvalue weighted by atomic mass is 10.1. The summed E-state index contributed by atoms with van der Waals surface area (Å²) < 4.78 is 10.4. The van der Waals surface area contributed by atoms with Gasteiger partial charge >= 0.3 is 0 Å². The van der Waals surface area contributed by atoms with Gasteiger partial charge in [0.05, 0.1) is 19.9 Å². The van der Waals surface area contributed by atoms with E-state index in [4.69, 9.17) is 9.47 Å². The second-order valence-electron chi connectivity index (χ2n) is 5.02. The van der Waals surface area contributed by atoms with E-state index in [0.717, 1.165) is 22.9 Å². The summed E-state index contributed by atoms with van der Waals surface area (Å²) >= 11 is 0. The predicted octanol–water partition coefficient (Wildman–Crippen LogP) is 3.26. The molecule has 1 atom stereocenters. The number of hydrogen-bond acceptors (Lipinski definition) is 4. The Morgan fingerprint density at radius 1 is 1.05 bits per heavy atom. The third-order valence-electron chi connectivity index (χ3n) is 3.42. The quantitative estimate of drug-likeness (QED) is 0.885. The van der Waals surface area contributed by atoms with Gasteiger partial charge in [-0.05, 0) is 31.5 Å². The molecule has 1 aromatic heterocycles. The Hall–Kier alpha value is -2.07. The van der Waals surface area contributed by atoms with Crippen molar-refractivity contribution in [3.63, 3.8) is 0 Å². The highest BCUT2D eigenvalue weighted by Crippen LogP contribution is 2.18. The van der Waals surface area contributed by atoms with Crippen LogP contribution in [-0.2, 0) is 6.54 Å². The number of hydrogen-bond donors (Lipinski definition) is 1. The molecule has 1 unspecified atom stereocenters. The van der Waals surface area contributed by atoms with Gasteiger partial charge < -0.3 is 14.8 Å². The van der Waals surface area contributed by atoms with E-state index in [-0.39, 0.29) is 6.04 Å². The average molecular weight is 286 g/mol. The molecule has 0 aliphatic carbocycles. The van der Waals surface area contributed by atoms with Crippen molar-refractivity contribution in [2.75, 3.05) is 14.2 Å². The normalized spacial score (nSPS) is 12.0. The minimum atomic E-state index is 0.240. The smallest absolute Gasteiger partial charge is 0.122 e. The van der Waals surface area contributed by atoms with Crippen LogP contribution in [0, 0.1) is 6.92 Å². The summed E-state index contributed by atoms with van der Waals surface area (Å²) in [5.41, 5.74) is 3.16. The highest BCUT2D eigenvalue weighted by Gasteiger charge is 2.07. The first-order valence-corrected chi connectivity index (χ1v) is 7.01. The summed E-state index contributed by atoms with van der Waals surface area (Å²) in [6, 6.07) is 12.2. The fraction of sp³-hybridized carbons (Fsp3) is 0.353. The zero-order valence-corrected chi connectivity index (χ0v) is 13.0. The fourth-order valence-electron chi connectivity index (χ4n) is 2.18. The van der Waals surface area contributed by atoms with Crippen LogP contribution in [0.1, 0.15) is 29.9 Å². The standard InChI is InChI=1S/C17H22N2O2/c1-12-9-17(21-4)10-15(19-12)11-18-13(2)14-5-7-16(20-3)8-6-14/h5-10,13,18H,11H2,1-4H3. The molecule has 4 heteroatoms. The van der Waals surface area contributed by atoms with E-state index >= 15 is 0 Å². The first-order chi connectivity index (χ1) is 10.1. The van der Waals surface area contributed by atoms with E-state index in [1.807, 2.05) is 31.2 Å². The molecular weight excluding hydrogens is 264 g/mol. The second kappa shape index (κ2) is 7.09. The summed E-state index contributed by atoms with van der Waals surface area (Å²) in [7, 11) is 3.35. The van der Waals surface area contributed by atoms with Gasteiger partial charge in [-0.3, -0.25) is 4.98 Å². The number of methoxy groups -OCH3 is 2. The molecule has 4 nitrogen and oxygen atoms in total. The molecule has 0 bridgehead atoms. The van der Waals surface area contributed by atoms with Gasteiger partial charge in [0.15, 0.2) is 0 Å². The number of aromatic nitrogens is 1. The van der Waals surface area contributed by atoms with Crippen LogP contribution >= 0.6 is 0 Å². The molecule has 1 N–H and O–H groups in total. The van der Waals surface area contributed by atoms with Gasteiger partial charge in [0, 0.05) is 30.4 Å². The summed E-state index contributed by atoms with van der Waals surface area (Å²) in [4.78, 5) is 4.51. The summed E-state index contributed by atoms with van der Waals surface area (Å²) in [6.45, 7) is 4.80. The minimum absolute atomic E-state index is 0.240. The molecule has 0 amide bonds. The molecule has 0 aliphatic rings. The van der Waals surface area contributed by atoms with Gasteiger partial charge in [-0.15, -0.1) is 0 Å². The zero-order chi connectivity index (χ0) is 15.2. The maximum Gasteiger partial charge on any atom is 0.122 e. The molecule has 0 aliphatic heterocycles. The lowest BCUT2D eigenvalue weighted by Gasteiger charge is -2.15. The summed E-state index contributed by atoms with van der Waals surface area (Å²) in [6.07, 6.45) is 0. The Labute approximate surface area is 126 Å². The van der Waals surface area contributed by atoms with Gasteiger partial charge in [-0.2, -0.15) is 0 Å². The third-order valence-corrected chi connectivity index (χ3v) is 3.42. The molecule has 2 aromatic rings. The van der Waals surface area contributed by atoms with Crippen molar-refractivity contribution in [1.29, 1.82) is 0 Å². The van der Waals surface area contributed by atoms with E-state index in [1.54, 1.807) is 14.2 Å². The van der Waals surface area contributed by atoms with E-state index < -0.39 is 0 Å². The topological polar surface area (TPSA) is 43.4 Å². The highest BCUT2D eigenvalue weighted by molar-refractivity contribution is 5.29. The van der Waals surface area contributed by atoms with Gasteiger partial charge in [0.2, 0.25) is 0 Å². The summed E-state index contributed by atoms with van der Waals surface area (Å²) in [5.74, 6) is 1.72. The Bertz CT molecular complexity index is 582. The van der Waals surface area contributed by atoms with Crippen LogP contribution in [0.5, 0.6) is 11.5 Å². The molecule has 0 saturated heterocycles. The lowest BCUT2D eigenvalue weighted by Crippen LogP contribution is -2.19. The van der Waals surface area contributed by atoms with Crippen molar-refractivity contribution in [3.8, 4) is 11.5 Å².